The summed E-state index contributed by atoms with van der Waals surface area (Å²) < 4.78 is 0. The number of nitrogens with zero attached hydrogens (tertiary/aromatic N) is 2. The minimum Gasteiger partial charge on any atom is -0.310 e. The first-order valence-corrected chi connectivity index (χ1v) is 16.0. The summed E-state index contributed by atoms with van der Waals surface area (Å²) in [6, 6.07) is 61.8. The number of para-hydroxylation sites is 2. The van der Waals surface area contributed by atoms with E-state index in [0.717, 1.165) is 35.6 Å². The molecule has 0 aromatic heterocycles. The Hall–Kier alpha value is -5.86. The van der Waals surface area contributed by atoms with Crippen molar-refractivity contribution in [1.82, 2.24) is 0 Å². The Bertz CT molecular complexity index is 2040. The lowest BCUT2D eigenvalue weighted by Crippen LogP contribution is -2.12. The van der Waals surface area contributed by atoms with Gasteiger partial charge in [-0.05, 0) is 130 Å². The second-order valence-electron chi connectivity index (χ2n) is 12.2. The molecule has 0 N–H and O–H groups in total. The summed E-state index contributed by atoms with van der Waals surface area (Å²) in [6.07, 6.45) is 1.94. The van der Waals surface area contributed by atoms with E-state index in [9.17, 15) is 0 Å². The maximum Gasteiger partial charge on any atom is 0.0464 e. The number of anilines is 6. The van der Waals surface area contributed by atoms with Gasteiger partial charge in [0.25, 0.3) is 0 Å². The first-order valence-electron chi connectivity index (χ1n) is 16.0. The summed E-state index contributed by atoms with van der Waals surface area (Å²) in [7, 11) is 0. The Labute approximate surface area is 270 Å². The van der Waals surface area contributed by atoms with E-state index >= 15 is 0 Å². The molecule has 0 spiro atoms. The molecule has 0 bridgehead atoms. The zero-order valence-corrected chi connectivity index (χ0v) is 25.5. The van der Waals surface area contributed by atoms with Crippen LogP contribution in [0.5, 0.6) is 0 Å². The maximum atomic E-state index is 2.37. The summed E-state index contributed by atoms with van der Waals surface area (Å²) in [5.41, 5.74) is 17.9. The molecule has 0 unspecified atom stereocenters. The molecule has 0 amide bonds. The summed E-state index contributed by atoms with van der Waals surface area (Å²) in [4.78, 5) is 4.74. The van der Waals surface area contributed by atoms with Crippen molar-refractivity contribution in [3.05, 3.63) is 192 Å². The van der Waals surface area contributed by atoms with Crippen LogP contribution in [0, 0.1) is 0 Å². The largest absolute Gasteiger partial charge is 0.310 e. The highest BCUT2D eigenvalue weighted by molar-refractivity contribution is 5.86. The van der Waals surface area contributed by atoms with Crippen LogP contribution in [-0.4, -0.2) is 0 Å². The quantitative estimate of drug-likeness (QED) is 0.191. The van der Waals surface area contributed by atoms with E-state index in [1.807, 2.05) is 0 Å². The van der Waals surface area contributed by atoms with Crippen LogP contribution in [0.25, 0.3) is 22.3 Å². The molecule has 0 saturated carbocycles. The molecule has 218 valence electrons. The zero-order valence-electron chi connectivity index (χ0n) is 25.5. The van der Waals surface area contributed by atoms with Gasteiger partial charge < -0.3 is 9.80 Å². The molecule has 7 aromatic rings. The standard InChI is InChI=1S/C44H32N2/c1-3-13-35(14-4-1)45(39-23-25-43-33(29-39)27-31-11-7-9-17-41(31)43)37-19-21-38(22-20-37)46(36-15-5-2-6-16-36)40-24-26-44-34(30-40)28-32-12-8-10-18-42(32)44/h1-26,29-30H,27-28H2. The van der Waals surface area contributed by atoms with Crippen LogP contribution in [0.2, 0.25) is 0 Å². The molecule has 2 aliphatic rings. The van der Waals surface area contributed by atoms with Gasteiger partial charge in [0, 0.05) is 34.1 Å². The molecule has 9 rings (SSSR count). The maximum absolute atomic E-state index is 2.37. The molecule has 2 aliphatic carbocycles. The zero-order chi connectivity index (χ0) is 30.5. The third kappa shape index (κ3) is 4.50. The van der Waals surface area contributed by atoms with E-state index in [0.29, 0.717) is 0 Å². The highest BCUT2D eigenvalue weighted by Crippen LogP contribution is 2.44. The number of rotatable bonds is 6. The van der Waals surface area contributed by atoms with E-state index in [2.05, 4.69) is 180 Å². The fourth-order valence-corrected chi connectivity index (χ4v) is 7.34. The van der Waals surface area contributed by atoms with Crippen LogP contribution < -0.4 is 9.80 Å². The minimum atomic E-state index is 0.971. The van der Waals surface area contributed by atoms with Crippen molar-refractivity contribution in [2.45, 2.75) is 12.8 Å². The van der Waals surface area contributed by atoms with Crippen molar-refractivity contribution in [3.63, 3.8) is 0 Å². The van der Waals surface area contributed by atoms with Crippen LogP contribution >= 0.6 is 0 Å². The second-order valence-corrected chi connectivity index (χ2v) is 12.2. The third-order valence-electron chi connectivity index (χ3n) is 9.47. The molecule has 0 fully saturated rings. The van der Waals surface area contributed by atoms with Crippen molar-refractivity contribution in [2.24, 2.45) is 0 Å². The van der Waals surface area contributed by atoms with E-state index in [4.69, 9.17) is 0 Å². The van der Waals surface area contributed by atoms with E-state index in [-0.39, 0.29) is 0 Å². The normalized spacial score (nSPS) is 12.2. The van der Waals surface area contributed by atoms with Gasteiger partial charge in [-0.1, -0.05) is 97.1 Å². The Balaban J connectivity index is 1.11. The molecule has 2 heteroatoms. The van der Waals surface area contributed by atoms with Crippen molar-refractivity contribution in [3.8, 4) is 22.3 Å². The minimum absolute atomic E-state index is 0.971. The highest BCUT2D eigenvalue weighted by Gasteiger charge is 2.23. The number of fused-ring (bicyclic) bond motifs is 6. The average molecular weight is 589 g/mol. The van der Waals surface area contributed by atoms with Gasteiger partial charge in [-0.3, -0.25) is 0 Å². The number of benzene rings is 7. The summed E-state index contributed by atoms with van der Waals surface area (Å²) in [5, 5.41) is 0. The predicted molar refractivity (Wildman–Crippen MR) is 192 cm³/mol. The molecule has 46 heavy (non-hydrogen) atoms. The van der Waals surface area contributed by atoms with Gasteiger partial charge in [-0.25, -0.2) is 0 Å². The Kier molecular flexibility index (Phi) is 6.31. The van der Waals surface area contributed by atoms with Gasteiger partial charge in [0.15, 0.2) is 0 Å². The van der Waals surface area contributed by atoms with Crippen molar-refractivity contribution in [1.29, 1.82) is 0 Å². The average Bonchev–Trinajstić information content (AvgIpc) is 3.68. The Morgan fingerprint density at radius 2 is 0.587 bits per heavy atom. The number of hydrogen-bond donors (Lipinski definition) is 0. The molecule has 0 atom stereocenters. The summed E-state index contributed by atoms with van der Waals surface area (Å²) in [5.74, 6) is 0. The van der Waals surface area contributed by atoms with Crippen LogP contribution in [0.3, 0.4) is 0 Å². The van der Waals surface area contributed by atoms with Crippen molar-refractivity contribution < 1.29 is 0 Å². The lowest BCUT2D eigenvalue weighted by molar-refractivity contribution is 1.22. The van der Waals surface area contributed by atoms with Gasteiger partial charge in [0.05, 0.1) is 0 Å². The van der Waals surface area contributed by atoms with Crippen molar-refractivity contribution >= 4 is 34.1 Å². The van der Waals surface area contributed by atoms with Gasteiger partial charge in [-0.15, -0.1) is 0 Å². The lowest BCUT2D eigenvalue weighted by atomic mass is 10.0. The molecule has 2 nitrogen and oxygen atoms in total. The first-order chi connectivity index (χ1) is 22.8. The van der Waals surface area contributed by atoms with Gasteiger partial charge in [0.2, 0.25) is 0 Å². The Morgan fingerprint density at radius 1 is 0.261 bits per heavy atom. The summed E-state index contributed by atoms with van der Waals surface area (Å²) >= 11 is 0. The lowest BCUT2D eigenvalue weighted by Gasteiger charge is -2.29. The first kappa shape index (κ1) is 26.5. The molecular formula is C44H32N2. The Morgan fingerprint density at radius 3 is 1.02 bits per heavy atom. The highest BCUT2D eigenvalue weighted by atomic mass is 15.2. The monoisotopic (exact) mass is 588 g/mol. The third-order valence-corrected chi connectivity index (χ3v) is 9.47. The van der Waals surface area contributed by atoms with Gasteiger partial charge in [-0.2, -0.15) is 0 Å². The smallest absolute Gasteiger partial charge is 0.0464 e. The van der Waals surface area contributed by atoms with Crippen LogP contribution in [0.1, 0.15) is 22.3 Å². The van der Waals surface area contributed by atoms with Crippen LogP contribution in [0.4, 0.5) is 34.1 Å². The van der Waals surface area contributed by atoms with E-state index < -0.39 is 0 Å². The SMILES string of the molecule is c1ccc(N(c2ccc(N(c3ccccc3)c3ccc4c(c3)Cc3ccccc3-4)cc2)c2ccc3c(c2)Cc2ccccc2-3)cc1. The molecule has 0 saturated heterocycles. The fourth-order valence-electron chi connectivity index (χ4n) is 7.34. The molecule has 7 aromatic carbocycles. The summed E-state index contributed by atoms with van der Waals surface area (Å²) in [6.45, 7) is 0. The number of hydrogen-bond acceptors (Lipinski definition) is 2. The van der Waals surface area contributed by atoms with Crippen LogP contribution in [-0.2, 0) is 12.8 Å². The van der Waals surface area contributed by atoms with Crippen molar-refractivity contribution in [2.75, 3.05) is 9.80 Å². The fraction of sp³-hybridized carbons (Fsp3) is 0.0455. The van der Waals surface area contributed by atoms with Crippen LogP contribution in [0.15, 0.2) is 170 Å². The molecule has 0 aliphatic heterocycles. The second kappa shape index (κ2) is 10.9. The topological polar surface area (TPSA) is 6.48 Å². The van der Waals surface area contributed by atoms with Gasteiger partial charge in [0.1, 0.15) is 0 Å². The predicted octanol–water partition coefficient (Wildman–Crippen LogP) is 11.8. The van der Waals surface area contributed by atoms with Gasteiger partial charge >= 0.3 is 0 Å². The molecular weight excluding hydrogens is 556 g/mol. The van der Waals surface area contributed by atoms with E-state index in [1.54, 1.807) is 0 Å². The molecule has 0 radical (unpaired) electrons. The molecule has 0 heterocycles. The van der Waals surface area contributed by atoms with E-state index in [1.165, 1.54) is 55.9 Å².